The number of hydrogen-bond acceptors (Lipinski definition) is 14. The Morgan fingerprint density at radius 1 is 0.452 bits per heavy atom. The number of carbonyl (C=O) groups is 5. The molecular formula is C28H40O14. The van der Waals surface area contributed by atoms with Gasteiger partial charge in [0.15, 0.2) is 0 Å². The first kappa shape index (κ1) is 40.0. The highest BCUT2D eigenvalue weighted by molar-refractivity contribution is 5.82. The van der Waals surface area contributed by atoms with Gasteiger partial charge in [-0.15, -0.1) is 0 Å². The quantitative estimate of drug-likeness (QED) is 0.0706. The molecule has 0 amide bonds. The molecule has 236 valence electrons. The maximum Gasteiger partial charge on any atom is 0.330 e. The zero-order valence-corrected chi connectivity index (χ0v) is 23.7. The van der Waals surface area contributed by atoms with Gasteiger partial charge in [0.2, 0.25) is 0 Å². The van der Waals surface area contributed by atoms with E-state index in [-0.39, 0.29) is 33.0 Å². The minimum Gasteiger partial charge on any atom is -0.462 e. The number of aliphatic hydroxyl groups is 1. The molecule has 0 rings (SSSR count). The fourth-order valence-corrected chi connectivity index (χ4v) is 2.17. The van der Waals surface area contributed by atoms with Crippen molar-refractivity contribution >= 4 is 29.8 Å². The summed E-state index contributed by atoms with van der Waals surface area (Å²) in [6.07, 6.45) is 5.01. The molecular weight excluding hydrogens is 560 g/mol. The maximum atomic E-state index is 11.1. The number of esters is 5. The Bertz CT molecular complexity index is 790. The van der Waals surface area contributed by atoms with E-state index in [4.69, 9.17) is 37.9 Å². The summed E-state index contributed by atoms with van der Waals surface area (Å²) in [4.78, 5) is 54.6. The summed E-state index contributed by atoms with van der Waals surface area (Å²) >= 11 is 0. The van der Waals surface area contributed by atoms with E-state index in [9.17, 15) is 29.1 Å². The molecule has 0 aliphatic rings. The molecule has 0 aliphatic carbocycles. The van der Waals surface area contributed by atoms with E-state index in [1.54, 1.807) is 0 Å². The lowest BCUT2D eigenvalue weighted by Crippen LogP contribution is -2.42. The zero-order valence-electron chi connectivity index (χ0n) is 23.7. The van der Waals surface area contributed by atoms with Gasteiger partial charge in [0, 0.05) is 30.4 Å². The van der Waals surface area contributed by atoms with Crippen molar-refractivity contribution in [3.63, 3.8) is 0 Å². The van der Waals surface area contributed by atoms with Crippen LogP contribution in [-0.2, 0) is 61.9 Å². The molecule has 14 heteroatoms. The summed E-state index contributed by atoms with van der Waals surface area (Å²) in [5.74, 6) is -3.11. The SMILES string of the molecule is C=CC(=O)OCC(CO)(COC(=O)C=C)COC(=O)C=C.C=CC(=O)OCCOCCOCCOCCOC(=O)C=C. The third-order valence-corrected chi connectivity index (χ3v) is 4.42. The third-order valence-electron chi connectivity index (χ3n) is 4.42. The number of rotatable bonds is 24. The lowest BCUT2D eigenvalue weighted by atomic mass is 9.92. The van der Waals surface area contributed by atoms with Crippen molar-refractivity contribution in [1.29, 1.82) is 0 Å². The van der Waals surface area contributed by atoms with Gasteiger partial charge in [-0.25, -0.2) is 24.0 Å². The predicted octanol–water partition coefficient (Wildman–Crippen LogP) is 0.647. The van der Waals surface area contributed by atoms with Crippen LogP contribution in [0.1, 0.15) is 0 Å². The van der Waals surface area contributed by atoms with Crippen LogP contribution in [0.2, 0.25) is 0 Å². The zero-order chi connectivity index (χ0) is 32.1. The highest BCUT2D eigenvalue weighted by Crippen LogP contribution is 2.19. The monoisotopic (exact) mass is 600 g/mol. The second-order valence-corrected chi connectivity index (χ2v) is 7.67. The summed E-state index contributed by atoms with van der Waals surface area (Å²) in [6, 6.07) is 0. The Kier molecular flexibility index (Phi) is 25.8. The van der Waals surface area contributed by atoms with E-state index in [0.717, 1.165) is 30.4 Å². The molecule has 0 aromatic heterocycles. The number of hydrogen-bond donors (Lipinski definition) is 1. The van der Waals surface area contributed by atoms with Crippen molar-refractivity contribution in [3.05, 3.63) is 63.3 Å². The van der Waals surface area contributed by atoms with Crippen LogP contribution in [-0.4, -0.2) is 114 Å². The number of carbonyl (C=O) groups excluding carboxylic acids is 5. The van der Waals surface area contributed by atoms with Crippen molar-refractivity contribution < 1.29 is 67.0 Å². The summed E-state index contributed by atoms with van der Waals surface area (Å²) in [5.41, 5.74) is -1.28. The summed E-state index contributed by atoms with van der Waals surface area (Å²) in [6.45, 7) is 17.4. The second kappa shape index (κ2) is 27.1. The second-order valence-electron chi connectivity index (χ2n) is 7.67. The van der Waals surface area contributed by atoms with Gasteiger partial charge in [0.05, 0.1) is 51.7 Å². The summed E-state index contributed by atoms with van der Waals surface area (Å²) in [7, 11) is 0. The van der Waals surface area contributed by atoms with Crippen LogP contribution in [0, 0.1) is 5.41 Å². The largest absolute Gasteiger partial charge is 0.462 e. The van der Waals surface area contributed by atoms with Gasteiger partial charge in [-0.05, 0) is 0 Å². The van der Waals surface area contributed by atoms with Crippen molar-refractivity contribution in [1.82, 2.24) is 0 Å². The van der Waals surface area contributed by atoms with Gasteiger partial charge < -0.3 is 43.0 Å². The fraction of sp³-hybridized carbons (Fsp3) is 0.464. The summed E-state index contributed by atoms with van der Waals surface area (Å²) < 4.78 is 39.5. The molecule has 0 fully saturated rings. The van der Waals surface area contributed by atoms with Crippen molar-refractivity contribution in [2.24, 2.45) is 5.41 Å². The maximum absolute atomic E-state index is 11.1. The minimum atomic E-state index is -1.28. The molecule has 0 aromatic rings. The van der Waals surface area contributed by atoms with Crippen molar-refractivity contribution in [3.8, 4) is 0 Å². The minimum absolute atomic E-state index is 0.192. The molecule has 0 radical (unpaired) electrons. The smallest absolute Gasteiger partial charge is 0.330 e. The average molecular weight is 601 g/mol. The highest BCUT2D eigenvalue weighted by Gasteiger charge is 2.35. The van der Waals surface area contributed by atoms with E-state index in [2.05, 4.69) is 32.9 Å². The molecule has 0 saturated carbocycles. The van der Waals surface area contributed by atoms with Gasteiger partial charge in [0.1, 0.15) is 33.0 Å². The van der Waals surface area contributed by atoms with E-state index in [1.165, 1.54) is 0 Å². The lowest BCUT2D eigenvalue weighted by molar-refractivity contribution is -0.159. The Morgan fingerprint density at radius 2 is 0.690 bits per heavy atom. The summed E-state index contributed by atoms with van der Waals surface area (Å²) in [5, 5.41) is 9.48. The van der Waals surface area contributed by atoms with Gasteiger partial charge in [-0.3, -0.25) is 0 Å². The number of aliphatic hydroxyl groups excluding tert-OH is 1. The Labute approximate surface area is 245 Å². The molecule has 42 heavy (non-hydrogen) atoms. The van der Waals surface area contributed by atoms with Crippen LogP contribution in [0.15, 0.2) is 63.3 Å². The van der Waals surface area contributed by atoms with Gasteiger partial charge in [-0.2, -0.15) is 0 Å². The van der Waals surface area contributed by atoms with E-state index in [0.29, 0.717) is 39.6 Å². The van der Waals surface area contributed by atoms with E-state index >= 15 is 0 Å². The molecule has 0 aromatic carbocycles. The fourth-order valence-electron chi connectivity index (χ4n) is 2.17. The molecule has 1 N–H and O–H groups in total. The molecule has 0 aliphatic heterocycles. The molecule has 0 atom stereocenters. The topological polar surface area (TPSA) is 179 Å². The molecule has 14 nitrogen and oxygen atoms in total. The Hall–Kier alpha value is -4.11. The van der Waals surface area contributed by atoms with Gasteiger partial charge in [0.25, 0.3) is 0 Å². The Balaban J connectivity index is 0. The standard InChI is InChI=1S/C14H18O7.C14H22O7/c1-4-11(16)19-8-14(7-15,9-20-12(17)5-2)10-21-13(18)6-3;1-3-13(15)20-11-9-18-7-5-17-6-8-19-10-12-21-14(16)4-2/h4-6,15H,1-3,7-10H2;3-4H,1-2,5-12H2. The first-order chi connectivity index (χ1) is 20.1. The highest BCUT2D eigenvalue weighted by atomic mass is 16.6. The molecule has 0 spiro atoms. The average Bonchev–Trinajstić information content (AvgIpc) is 3.02. The normalized spacial score (nSPS) is 10.0. The lowest BCUT2D eigenvalue weighted by Gasteiger charge is -2.29. The van der Waals surface area contributed by atoms with Crippen molar-refractivity contribution in [2.45, 2.75) is 0 Å². The van der Waals surface area contributed by atoms with Crippen LogP contribution in [0.25, 0.3) is 0 Å². The van der Waals surface area contributed by atoms with E-state index in [1.807, 2.05) is 0 Å². The molecule has 0 saturated heterocycles. The van der Waals surface area contributed by atoms with Gasteiger partial charge >= 0.3 is 29.8 Å². The van der Waals surface area contributed by atoms with Crippen LogP contribution in [0.5, 0.6) is 0 Å². The molecule has 0 heterocycles. The van der Waals surface area contributed by atoms with E-state index < -0.39 is 41.9 Å². The predicted molar refractivity (Wildman–Crippen MR) is 148 cm³/mol. The molecule has 0 bridgehead atoms. The van der Waals surface area contributed by atoms with Gasteiger partial charge in [-0.1, -0.05) is 32.9 Å². The van der Waals surface area contributed by atoms with Crippen molar-refractivity contribution in [2.75, 3.05) is 79.3 Å². The first-order valence-corrected chi connectivity index (χ1v) is 12.4. The Morgan fingerprint density at radius 3 is 0.929 bits per heavy atom. The number of ether oxygens (including phenoxy) is 8. The van der Waals surface area contributed by atoms with Crippen LogP contribution < -0.4 is 0 Å². The molecule has 0 unspecified atom stereocenters. The van der Waals surface area contributed by atoms with Crippen LogP contribution >= 0.6 is 0 Å². The first-order valence-electron chi connectivity index (χ1n) is 12.4. The van der Waals surface area contributed by atoms with Crippen LogP contribution in [0.3, 0.4) is 0 Å². The van der Waals surface area contributed by atoms with Crippen LogP contribution in [0.4, 0.5) is 0 Å². The third kappa shape index (κ3) is 23.7.